The van der Waals surface area contributed by atoms with Gasteiger partial charge in [-0.1, -0.05) is 29.8 Å². The van der Waals surface area contributed by atoms with Crippen molar-refractivity contribution in [3.8, 4) is 5.75 Å². The minimum Gasteiger partial charge on any atom is -0.494 e. The van der Waals surface area contributed by atoms with Crippen molar-refractivity contribution in [1.82, 2.24) is 4.90 Å². The first-order valence-electron chi connectivity index (χ1n) is 7.90. The van der Waals surface area contributed by atoms with E-state index in [9.17, 15) is 14.0 Å². The molecule has 1 saturated heterocycles. The maximum Gasteiger partial charge on any atom is 0.293 e. The number of rotatable bonds is 5. The van der Waals surface area contributed by atoms with Crippen molar-refractivity contribution in [3.05, 3.63) is 69.3 Å². The number of imide groups is 1. The fourth-order valence-corrected chi connectivity index (χ4v) is 3.50. The lowest BCUT2D eigenvalue weighted by atomic mass is 10.2. The van der Waals surface area contributed by atoms with Crippen molar-refractivity contribution in [2.75, 3.05) is 6.61 Å². The van der Waals surface area contributed by atoms with Crippen LogP contribution in [-0.4, -0.2) is 22.7 Å². The predicted octanol–water partition coefficient (Wildman–Crippen LogP) is 5.11. The third-order valence-electron chi connectivity index (χ3n) is 3.71. The summed E-state index contributed by atoms with van der Waals surface area (Å²) in [6.45, 7) is 2.48. The Labute approximate surface area is 159 Å². The molecule has 0 aliphatic carbocycles. The van der Waals surface area contributed by atoms with E-state index >= 15 is 0 Å². The zero-order valence-corrected chi connectivity index (χ0v) is 15.4. The summed E-state index contributed by atoms with van der Waals surface area (Å²) >= 11 is 6.86. The SMILES string of the molecule is CCOc1ccc(/C=C2\SC(=O)N(Cc3ccc(F)cc3Cl)C2=O)cc1. The number of benzene rings is 2. The fraction of sp³-hybridized carbons (Fsp3) is 0.158. The summed E-state index contributed by atoms with van der Waals surface area (Å²) in [7, 11) is 0. The minimum atomic E-state index is -0.469. The van der Waals surface area contributed by atoms with E-state index in [0.717, 1.165) is 34.0 Å². The zero-order chi connectivity index (χ0) is 18.7. The van der Waals surface area contributed by atoms with E-state index in [-0.39, 0.29) is 16.8 Å². The molecule has 1 heterocycles. The van der Waals surface area contributed by atoms with Gasteiger partial charge < -0.3 is 4.74 Å². The number of carbonyl (C=O) groups excluding carboxylic acids is 2. The molecule has 0 atom stereocenters. The summed E-state index contributed by atoms with van der Waals surface area (Å²) in [6, 6.07) is 11.1. The molecule has 1 aliphatic rings. The first-order chi connectivity index (χ1) is 12.5. The van der Waals surface area contributed by atoms with Crippen molar-refractivity contribution >= 4 is 40.6 Å². The number of hydrogen-bond donors (Lipinski definition) is 0. The molecule has 0 N–H and O–H groups in total. The predicted molar refractivity (Wildman–Crippen MR) is 101 cm³/mol. The Morgan fingerprint density at radius 1 is 1.19 bits per heavy atom. The first kappa shape index (κ1) is 18.5. The molecule has 1 fully saturated rings. The third-order valence-corrected chi connectivity index (χ3v) is 4.97. The molecular weight excluding hydrogens is 377 g/mol. The number of thioether (sulfide) groups is 1. The van der Waals surface area contributed by atoms with E-state index in [0.29, 0.717) is 17.1 Å². The Kier molecular flexibility index (Phi) is 5.64. The van der Waals surface area contributed by atoms with Crippen molar-refractivity contribution in [3.63, 3.8) is 0 Å². The number of amides is 2. The highest BCUT2D eigenvalue weighted by molar-refractivity contribution is 8.18. The molecule has 2 aromatic rings. The summed E-state index contributed by atoms with van der Waals surface area (Å²) in [4.78, 5) is 26.2. The Morgan fingerprint density at radius 2 is 1.92 bits per heavy atom. The van der Waals surface area contributed by atoms with Gasteiger partial charge >= 0.3 is 0 Å². The van der Waals surface area contributed by atoms with Crippen LogP contribution < -0.4 is 4.74 Å². The van der Waals surface area contributed by atoms with Crippen LogP contribution in [-0.2, 0) is 11.3 Å². The lowest BCUT2D eigenvalue weighted by Crippen LogP contribution is -2.27. The zero-order valence-electron chi connectivity index (χ0n) is 13.9. The van der Waals surface area contributed by atoms with E-state index in [2.05, 4.69) is 0 Å². The van der Waals surface area contributed by atoms with Crippen LogP contribution in [0.4, 0.5) is 9.18 Å². The van der Waals surface area contributed by atoms with Gasteiger partial charge in [-0.3, -0.25) is 14.5 Å². The first-order valence-corrected chi connectivity index (χ1v) is 9.09. The standard InChI is InChI=1S/C19H15ClFNO3S/c1-2-25-15-7-3-12(4-8-15)9-17-18(23)22(19(24)26-17)11-13-5-6-14(21)10-16(13)20/h3-10H,2,11H2,1H3/b17-9-. The van der Waals surface area contributed by atoms with Crippen LogP contribution in [0.3, 0.4) is 0 Å². The molecule has 0 radical (unpaired) electrons. The van der Waals surface area contributed by atoms with Crippen LogP contribution >= 0.6 is 23.4 Å². The number of halogens is 2. The van der Waals surface area contributed by atoms with Crippen molar-refractivity contribution in [1.29, 1.82) is 0 Å². The molecule has 7 heteroatoms. The van der Waals surface area contributed by atoms with Crippen LogP contribution in [0.25, 0.3) is 6.08 Å². The van der Waals surface area contributed by atoms with Gasteiger partial charge in [0.15, 0.2) is 0 Å². The number of carbonyl (C=O) groups is 2. The molecule has 1 aliphatic heterocycles. The molecule has 2 amide bonds. The molecule has 3 rings (SSSR count). The Balaban J connectivity index is 1.77. The summed E-state index contributed by atoms with van der Waals surface area (Å²) in [5, 5.41) is -0.202. The second kappa shape index (κ2) is 7.93. The molecule has 4 nitrogen and oxygen atoms in total. The molecule has 0 saturated carbocycles. The quantitative estimate of drug-likeness (QED) is 0.664. The van der Waals surface area contributed by atoms with Gasteiger partial charge in [-0.25, -0.2) is 4.39 Å². The highest BCUT2D eigenvalue weighted by atomic mass is 35.5. The lowest BCUT2D eigenvalue weighted by molar-refractivity contribution is -0.123. The van der Waals surface area contributed by atoms with E-state index in [4.69, 9.17) is 16.3 Å². The normalized spacial score (nSPS) is 15.8. The average molecular weight is 392 g/mol. The van der Waals surface area contributed by atoms with E-state index in [1.807, 2.05) is 19.1 Å². The van der Waals surface area contributed by atoms with E-state index in [1.54, 1.807) is 18.2 Å². The maximum absolute atomic E-state index is 13.1. The van der Waals surface area contributed by atoms with Crippen molar-refractivity contribution in [2.24, 2.45) is 0 Å². The molecular formula is C19H15ClFNO3S. The van der Waals surface area contributed by atoms with E-state index in [1.165, 1.54) is 12.1 Å². The Bertz CT molecular complexity index is 883. The molecule has 0 aromatic heterocycles. The molecule has 134 valence electrons. The lowest BCUT2D eigenvalue weighted by Gasteiger charge is -2.13. The third kappa shape index (κ3) is 4.08. The molecule has 2 aromatic carbocycles. The molecule has 0 unspecified atom stereocenters. The molecule has 26 heavy (non-hydrogen) atoms. The second-order valence-electron chi connectivity index (χ2n) is 5.51. The van der Waals surface area contributed by atoms with Gasteiger partial charge in [0.05, 0.1) is 18.1 Å². The fourth-order valence-electron chi connectivity index (χ4n) is 2.43. The van der Waals surface area contributed by atoms with Crippen LogP contribution in [0, 0.1) is 5.82 Å². The van der Waals surface area contributed by atoms with Crippen LogP contribution in [0.1, 0.15) is 18.1 Å². The van der Waals surface area contributed by atoms with Gasteiger partial charge in [0, 0.05) is 5.02 Å². The summed E-state index contributed by atoms with van der Waals surface area (Å²) in [5.74, 6) is -0.124. The Morgan fingerprint density at radius 3 is 2.58 bits per heavy atom. The molecule has 0 bridgehead atoms. The largest absolute Gasteiger partial charge is 0.494 e. The van der Waals surface area contributed by atoms with Gasteiger partial charge in [-0.2, -0.15) is 0 Å². The Hall–Kier alpha value is -2.31. The van der Waals surface area contributed by atoms with Crippen LogP contribution in [0.2, 0.25) is 5.02 Å². The minimum absolute atomic E-state index is 0.00436. The van der Waals surface area contributed by atoms with Gasteiger partial charge in [0.25, 0.3) is 11.1 Å². The highest BCUT2D eigenvalue weighted by Crippen LogP contribution is 2.34. The second-order valence-corrected chi connectivity index (χ2v) is 6.91. The summed E-state index contributed by atoms with van der Waals surface area (Å²) in [6.07, 6.45) is 1.66. The molecule has 0 spiro atoms. The number of ether oxygens (including phenoxy) is 1. The smallest absolute Gasteiger partial charge is 0.293 e. The topological polar surface area (TPSA) is 46.6 Å². The van der Waals surface area contributed by atoms with E-state index < -0.39 is 11.7 Å². The number of hydrogen-bond acceptors (Lipinski definition) is 4. The highest BCUT2D eigenvalue weighted by Gasteiger charge is 2.35. The van der Waals surface area contributed by atoms with Gasteiger partial charge in [0.2, 0.25) is 0 Å². The number of nitrogens with zero attached hydrogens (tertiary/aromatic N) is 1. The van der Waals surface area contributed by atoms with Crippen molar-refractivity contribution < 1.29 is 18.7 Å². The average Bonchev–Trinajstić information content (AvgIpc) is 2.86. The summed E-state index contributed by atoms with van der Waals surface area (Å²) in [5.41, 5.74) is 1.30. The van der Waals surface area contributed by atoms with Crippen molar-refractivity contribution in [2.45, 2.75) is 13.5 Å². The maximum atomic E-state index is 13.1. The summed E-state index contributed by atoms with van der Waals surface area (Å²) < 4.78 is 18.5. The van der Waals surface area contributed by atoms with Crippen LogP contribution in [0.15, 0.2) is 47.4 Å². The van der Waals surface area contributed by atoms with Gasteiger partial charge in [-0.15, -0.1) is 0 Å². The monoisotopic (exact) mass is 391 g/mol. The van der Waals surface area contributed by atoms with Gasteiger partial charge in [0.1, 0.15) is 11.6 Å². The van der Waals surface area contributed by atoms with Crippen LogP contribution in [0.5, 0.6) is 5.75 Å². The van der Waals surface area contributed by atoms with Gasteiger partial charge in [-0.05, 0) is 60.2 Å².